The SMILES string of the molecule is C/C(=N\OCN)c1ccccc1. The summed E-state index contributed by atoms with van der Waals surface area (Å²) in [4.78, 5) is 4.72. The first kappa shape index (κ1) is 8.74. The summed E-state index contributed by atoms with van der Waals surface area (Å²) < 4.78 is 0. The second-order valence-corrected chi connectivity index (χ2v) is 2.34. The molecule has 0 aliphatic rings. The van der Waals surface area contributed by atoms with Gasteiger partial charge in [-0.15, -0.1) is 0 Å². The molecule has 0 spiro atoms. The van der Waals surface area contributed by atoms with E-state index in [4.69, 9.17) is 10.6 Å². The van der Waals surface area contributed by atoms with Crippen LogP contribution < -0.4 is 5.73 Å². The molecule has 0 fully saturated rings. The fourth-order valence-electron chi connectivity index (χ4n) is 0.866. The molecule has 1 rings (SSSR count). The predicted molar refractivity (Wildman–Crippen MR) is 48.8 cm³/mol. The van der Waals surface area contributed by atoms with Crippen molar-refractivity contribution in [3.05, 3.63) is 35.9 Å². The number of nitrogens with two attached hydrogens (primary N) is 1. The maximum absolute atomic E-state index is 5.13. The Morgan fingerprint density at radius 1 is 1.42 bits per heavy atom. The average Bonchev–Trinajstić information content (AvgIpc) is 2.15. The van der Waals surface area contributed by atoms with Gasteiger partial charge in [-0.25, -0.2) is 0 Å². The third kappa shape index (κ3) is 2.36. The molecule has 0 saturated carbocycles. The maximum Gasteiger partial charge on any atom is 0.165 e. The van der Waals surface area contributed by atoms with Crippen molar-refractivity contribution in [1.29, 1.82) is 0 Å². The second-order valence-electron chi connectivity index (χ2n) is 2.34. The van der Waals surface area contributed by atoms with Crippen LogP contribution in [-0.2, 0) is 4.84 Å². The lowest BCUT2D eigenvalue weighted by Gasteiger charge is -1.98. The zero-order valence-corrected chi connectivity index (χ0v) is 7.03. The lowest BCUT2D eigenvalue weighted by Crippen LogP contribution is -2.02. The molecule has 1 aromatic rings. The molecule has 1 aromatic carbocycles. The van der Waals surface area contributed by atoms with E-state index in [1.807, 2.05) is 37.3 Å². The number of oxime groups is 1. The van der Waals surface area contributed by atoms with Crippen molar-refractivity contribution < 1.29 is 4.84 Å². The van der Waals surface area contributed by atoms with E-state index in [1.165, 1.54) is 0 Å². The number of hydrogen-bond acceptors (Lipinski definition) is 3. The fraction of sp³-hybridized carbons (Fsp3) is 0.222. The number of nitrogens with zero attached hydrogens (tertiary/aromatic N) is 1. The maximum atomic E-state index is 5.13. The molecule has 0 unspecified atom stereocenters. The van der Waals surface area contributed by atoms with Gasteiger partial charge in [0.1, 0.15) is 0 Å². The van der Waals surface area contributed by atoms with E-state index >= 15 is 0 Å². The van der Waals surface area contributed by atoms with E-state index in [9.17, 15) is 0 Å². The van der Waals surface area contributed by atoms with Gasteiger partial charge in [-0.3, -0.25) is 5.73 Å². The minimum absolute atomic E-state index is 0.115. The molecule has 0 aliphatic heterocycles. The molecule has 0 radical (unpaired) electrons. The van der Waals surface area contributed by atoms with Crippen molar-refractivity contribution in [2.45, 2.75) is 6.92 Å². The first-order valence-corrected chi connectivity index (χ1v) is 3.76. The van der Waals surface area contributed by atoms with Crippen molar-refractivity contribution in [2.24, 2.45) is 10.9 Å². The highest BCUT2D eigenvalue weighted by atomic mass is 16.6. The summed E-state index contributed by atoms with van der Waals surface area (Å²) in [6.45, 7) is 2.00. The van der Waals surface area contributed by atoms with Gasteiger partial charge in [0, 0.05) is 0 Å². The van der Waals surface area contributed by atoms with Crippen LogP contribution in [0.1, 0.15) is 12.5 Å². The zero-order valence-electron chi connectivity index (χ0n) is 7.03. The first-order valence-electron chi connectivity index (χ1n) is 3.76. The molecule has 0 aliphatic carbocycles. The van der Waals surface area contributed by atoms with Gasteiger partial charge in [0.05, 0.1) is 5.71 Å². The Labute approximate surface area is 71.8 Å². The molecule has 3 heteroatoms. The summed E-state index contributed by atoms with van der Waals surface area (Å²) in [5, 5.41) is 3.80. The third-order valence-corrected chi connectivity index (χ3v) is 1.47. The van der Waals surface area contributed by atoms with Crippen molar-refractivity contribution in [2.75, 3.05) is 6.73 Å². The van der Waals surface area contributed by atoms with Crippen LogP contribution in [0.4, 0.5) is 0 Å². The Morgan fingerprint density at radius 3 is 2.67 bits per heavy atom. The Kier molecular flexibility index (Phi) is 3.29. The van der Waals surface area contributed by atoms with Crippen LogP contribution in [0, 0.1) is 0 Å². The average molecular weight is 164 g/mol. The molecule has 12 heavy (non-hydrogen) atoms. The predicted octanol–water partition coefficient (Wildman–Crippen LogP) is 1.34. The Balaban J connectivity index is 2.71. The van der Waals surface area contributed by atoms with Crippen LogP contribution in [0.5, 0.6) is 0 Å². The van der Waals surface area contributed by atoms with Crippen molar-refractivity contribution in [3.8, 4) is 0 Å². The molecule has 0 saturated heterocycles. The van der Waals surface area contributed by atoms with Crippen LogP contribution in [-0.4, -0.2) is 12.4 Å². The number of hydrogen-bond donors (Lipinski definition) is 1. The monoisotopic (exact) mass is 164 g/mol. The Bertz CT molecular complexity index is 256. The molecule has 0 amide bonds. The zero-order chi connectivity index (χ0) is 8.81. The van der Waals surface area contributed by atoms with E-state index in [0.717, 1.165) is 11.3 Å². The van der Waals surface area contributed by atoms with Crippen LogP contribution in [0.15, 0.2) is 35.5 Å². The summed E-state index contributed by atoms with van der Waals surface area (Å²) in [6, 6.07) is 9.81. The van der Waals surface area contributed by atoms with Gasteiger partial charge in [0.15, 0.2) is 6.73 Å². The lowest BCUT2D eigenvalue weighted by molar-refractivity contribution is 0.152. The van der Waals surface area contributed by atoms with Crippen LogP contribution in [0.2, 0.25) is 0 Å². The van der Waals surface area contributed by atoms with Gasteiger partial charge in [0.25, 0.3) is 0 Å². The second kappa shape index (κ2) is 4.51. The molecule has 64 valence electrons. The summed E-state index contributed by atoms with van der Waals surface area (Å²) >= 11 is 0. The van der Waals surface area contributed by atoms with Crippen LogP contribution in [0.3, 0.4) is 0 Å². The lowest BCUT2D eigenvalue weighted by atomic mass is 10.1. The topological polar surface area (TPSA) is 47.6 Å². The fourth-order valence-corrected chi connectivity index (χ4v) is 0.866. The van der Waals surface area contributed by atoms with Gasteiger partial charge in [-0.1, -0.05) is 35.5 Å². The van der Waals surface area contributed by atoms with E-state index < -0.39 is 0 Å². The van der Waals surface area contributed by atoms with Gasteiger partial charge >= 0.3 is 0 Å². The molecule has 2 N–H and O–H groups in total. The summed E-state index contributed by atoms with van der Waals surface area (Å²) in [5.41, 5.74) is 7.01. The van der Waals surface area contributed by atoms with Gasteiger partial charge in [-0.2, -0.15) is 0 Å². The highest BCUT2D eigenvalue weighted by molar-refractivity contribution is 5.98. The Hall–Kier alpha value is -1.35. The minimum atomic E-state index is 0.115. The molecule has 0 aromatic heterocycles. The third-order valence-electron chi connectivity index (χ3n) is 1.47. The molecule has 0 heterocycles. The van der Waals surface area contributed by atoms with E-state index in [-0.39, 0.29) is 6.73 Å². The molecule has 3 nitrogen and oxygen atoms in total. The van der Waals surface area contributed by atoms with Gasteiger partial charge in [0.2, 0.25) is 0 Å². The number of rotatable bonds is 3. The normalized spacial score (nSPS) is 11.3. The Morgan fingerprint density at radius 2 is 2.08 bits per heavy atom. The van der Waals surface area contributed by atoms with Crippen LogP contribution >= 0.6 is 0 Å². The van der Waals surface area contributed by atoms with E-state index in [1.54, 1.807) is 0 Å². The molecule has 0 bridgehead atoms. The van der Waals surface area contributed by atoms with Crippen molar-refractivity contribution in [1.82, 2.24) is 0 Å². The summed E-state index contributed by atoms with van der Waals surface area (Å²) in [5.74, 6) is 0. The van der Waals surface area contributed by atoms with E-state index in [0.29, 0.717) is 0 Å². The van der Waals surface area contributed by atoms with Gasteiger partial charge in [-0.05, 0) is 12.5 Å². The standard InChI is InChI=1S/C9H12N2O/c1-8(11-12-7-10)9-5-3-2-4-6-9/h2-6H,7,10H2,1H3/b11-8+. The highest BCUT2D eigenvalue weighted by Gasteiger charge is 1.94. The largest absolute Gasteiger partial charge is 0.380 e. The quantitative estimate of drug-likeness (QED) is 0.416. The summed E-state index contributed by atoms with van der Waals surface area (Å²) in [6.07, 6.45) is 0. The van der Waals surface area contributed by atoms with Crippen molar-refractivity contribution >= 4 is 5.71 Å². The highest BCUT2D eigenvalue weighted by Crippen LogP contribution is 2.00. The first-order chi connectivity index (χ1) is 5.84. The van der Waals surface area contributed by atoms with Gasteiger partial charge < -0.3 is 4.84 Å². The molecular formula is C9H12N2O. The molecule has 0 atom stereocenters. The molecular weight excluding hydrogens is 152 g/mol. The van der Waals surface area contributed by atoms with Crippen LogP contribution in [0.25, 0.3) is 0 Å². The van der Waals surface area contributed by atoms with Crippen molar-refractivity contribution in [3.63, 3.8) is 0 Å². The minimum Gasteiger partial charge on any atom is -0.380 e. The number of benzene rings is 1. The van der Waals surface area contributed by atoms with E-state index in [2.05, 4.69) is 5.16 Å². The smallest absolute Gasteiger partial charge is 0.165 e. The summed E-state index contributed by atoms with van der Waals surface area (Å²) in [7, 11) is 0.